The lowest BCUT2D eigenvalue weighted by molar-refractivity contribution is 0.228. The third kappa shape index (κ3) is 1.70. The molecule has 0 aromatic carbocycles. The molecule has 82 valence electrons. The predicted molar refractivity (Wildman–Crippen MR) is 60.1 cm³/mol. The molecule has 0 aromatic rings. The molecule has 3 atom stereocenters. The van der Waals surface area contributed by atoms with Gasteiger partial charge in [0.1, 0.15) is 0 Å². The van der Waals surface area contributed by atoms with E-state index in [-0.39, 0.29) is 5.54 Å². The topological polar surface area (TPSA) is 38.0 Å². The molecule has 0 aliphatic heterocycles. The Morgan fingerprint density at radius 3 is 2.43 bits per heavy atom. The van der Waals surface area contributed by atoms with Gasteiger partial charge in [-0.1, -0.05) is 13.8 Å². The van der Waals surface area contributed by atoms with Crippen LogP contribution in [0.5, 0.6) is 0 Å². The van der Waals surface area contributed by atoms with Gasteiger partial charge in [0.25, 0.3) is 0 Å². The van der Waals surface area contributed by atoms with E-state index in [0.717, 1.165) is 18.4 Å². The fraction of sp³-hybridized carbons (Fsp3) is 1.00. The van der Waals surface area contributed by atoms with Crippen molar-refractivity contribution in [2.24, 2.45) is 23.0 Å². The molecule has 3 N–H and O–H groups in total. The van der Waals surface area contributed by atoms with Crippen molar-refractivity contribution in [2.75, 3.05) is 13.1 Å². The molecule has 0 spiro atoms. The number of rotatable bonds is 5. The van der Waals surface area contributed by atoms with Crippen LogP contribution in [0.15, 0.2) is 0 Å². The highest BCUT2D eigenvalue weighted by atomic mass is 15.0. The Bertz CT molecular complexity index is 222. The highest BCUT2D eigenvalue weighted by molar-refractivity contribution is 5.09. The van der Waals surface area contributed by atoms with Crippen LogP contribution in [0.3, 0.4) is 0 Å². The molecule has 0 radical (unpaired) electrons. The van der Waals surface area contributed by atoms with Crippen molar-refractivity contribution < 1.29 is 0 Å². The van der Waals surface area contributed by atoms with Gasteiger partial charge in [-0.25, -0.2) is 0 Å². The summed E-state index contributed by atoms with van der Waals surface area (Å²) in [5.41, 5.74) is 6.56. The summed E-state index contributed by atoms with van der Waals surface area (Å²) in [7, 11) is 0. The van der Waals surface area contributed by atoms with Gasteiger partial charge < -0.3 is 11.1 Å². The van der Waals surface area contributed by atoms with E-state index in [1.165, 1.54) is 25.8 Å². The maximum atomic E-state index is 5.91. The zero-order valence-corrected chi connectivity index (χ0v) is 9.77. The molecule has 14 heavy (non-hydrogen) atoms. The van der Waals surface area contributed by atoms with Gasteiger partial charge in [0.15, 0.2) is 0 Å². The molecule has 2 rings (SSSR count). The van der Waals surface area contributed by atoms with Crippen LogP contribution in [0.4, 0.5) is 0 Å². The molecule has 2 nitrogen and oxygen atoms in total. The molecule has 0 heterocycles. The van der Waals surface area contributed by atoms with E-state index in [1.807, 2.05) is 0 Å². The fourth-order valence-corrected chi connectivity index (χ4v) is 2.31. The molecule has 2 fully saturated rings. The van der Waals surface area contributed by atoms with E-state index >= 15 is 0 Å². The lowest BCUT2D eigenvalue weighted by Crippen LogP contribution is -2.55. The van der Waals surface area contributed by atoms with Crippen molar-refractivity contribution in [1.82, 2.24) is 5.32 Å². The predicted octanol–water partition coefficient (Wildman–Crippen LogP) is 1.75. The number of nitrogens with one attached hydrogen (secondary N) is 1. The Labute approximate surface area is 87.6 Å². The lowest BCUT2D eigenvalue weighted by atomic mass is 9.83. The largest absolute Gasteiger partial charge is 0.329 e. The number of hydrogen-bond donors (Lipinski definition) is 2. The minimum absolute atomic E-state index is 0.176. The highest BCUT2D eigenvalue weighted by Crippen LogP contribution is 2.53. The second-order valence-corrected chi connectivity index (χ2v) is 5.95. The highest BCUT2D eigenvalue weighted by Gasteiger charge is 2.52. The van der Waals surface area contributed by atoms with E-state index in [1.54, 1.807) is 0 Å². The Hall–Kier alpha value is -0.0800. The van der Waals surface area contributed by atoms with Gasteiger partial charge in [-0.15, -0.1) is 0 Å². The van der Waals surface area contributed by atoms with Crippen molar-refractivity contribution in [3.63, 3.8) is 0 Å². The zero-order valence-electron chi connectivity index (χ0n) is 9.77. The Morgan fingerprint density at radius 1 is 1.50 bits per heavy atom. The van der Waals surface area contributed by atoms with Gasteiger partial charge in [0.2, 0.25) is 0 Å². The molecule has 2 saturated carbocycles. The van der Waals surface area contributed by atoms with Crippen LogP contribution in [-0.2, 0) is 0 Å². The summed E-state index contributed by atoms with van der Waals surface area (Å²) in [5, 5.41) is 3.72. The van der Waals surface area contributed by atoms with Crippen molar-refractivity contribution >= 4 is 0 Å². The first-order chi connectivity index (χ1) is 6.51. The first kappa shape index (κ1) is 10.4. The minimum Gasteiger partial charge on any atom is -0.329 e. The maximum Gasteiger partial charge on any atom is 0.0329 e. The third-order valence-electron chi connectivity index (χ3n) is 4.77. The smallest absolute Gasteiger partial charge is 0.0329 e. The van der Waals surface area contributed by atoms with E-state index in [2.05, 4.69) is 26.1 Å². The second kappa shape index (κ2) is 3.21. The van der Waals surface area contributed by atoms with Crippen molar-refractivity contribution in [3.05, 3.63) is 0 Å². The quantitative estimate of drug-likeness (QED) is 0.703. The maximum absolute atomic E-state index is 5.91. The number of nitrogens with two attached hydrogens (primary N) is 1. The summed E-state index contributed by atoms with van der Waals surface area (Å²) < 4.78 is 0. The van der Waals surface area contributed by atoms with E-state index in [9.17, 15) is 0 Å². The summed E-state index contributed by atoms with van der Waals surface area (Å²) in [6, 6.07) is 0. The molecular formula is C12H24N2. The van der Waals surface area contributed by atoms with Crippen LogP contribution < -0.4 is 11.1 Å². The lowest BCUT2D eigenvalue weighted by Gasteiger charge is -2.36. The first-order valence-corrected chi connectivity index (χ1v) is 5.96. The molecule has 2 aliphatic carbocycles. The van der Waals surface area contributed by atoms with Gasteiger partial charge in [0, 0.05) is 12.1 Å². The average Bonchev–Trinajstić information content (AvgIpc) is 3.03. The molecule has 3 unspecified atom stereocenters. The molecule has 2 heteroatoms. The van der Waals surface area contributed by atoms with E-state index < -0.39 is 0 Å². The SMILES string of the molecule is CC1CC1CNC(C)(CN)C1(C)CC1. The minimum atomic E-state index is 0.176. The van der Waals surface area contributed by atoms with E-state index in [0.29, 0.717) is 5.41 Å². The van der Waals surface area contributed by atoms with Gasteiger partial charge >= 0.3 is 0 Å². The van der Waals surface area contributed by atoms with Crippen molar-refractivity contribution in [2.45, 2.75) is 45.6 Å². The van der Waals surface area contributed by atoms with E-state index in [4.69, 9.17) is 5.73 Å². The molecule has 0 amide bonds. The second-order valence-electron chi connectivity index (χ2n) is 5.95. The standard InChI is InChI=1S/C12H24N2/c1-9-6-10(9)7-14-12(3,8-13)11(2)4-5-11/h9-10,14H,4-8,13H2,1-3H3. The van der Waals surface area contributed by atoms with Crippen LogP contribution in [0, 0.1) is 17.3 Å². The summed E-state index contributed by atoms with van der Waals surface area (Å²) in [6.07, 6.45) is 4.09. The first-order valence-electron chi connectivity index (χ1n) is 5.96. The third-order valence-corrected chi connectivity index (χ3v) is 4.77. The Balaban J connectivity index is 1.85. The zero-order chi connectivity index (χ0) is 10.4. The molecule has 0 bridgehead atoms. The summed E-state index contributed by atoms with van der Waals surface area (Å²) in [4.78, 5) is 0. The summed E-state index contributed by atoms with van der Waals surface area (Å²) in [5.74, 6) is 1.86. The summed E-state index contributed by atoms with van der Waals surface area (Å²) in [6.45, 7) is 8.94. The van der Waals surface area contributed by atoms with Gasteiger partial charge in [-0.3, -0.25) is 0 Å². The monoisotopic (exact) mass is 196 g/mol. The molecule has 0 saturated heterocycles. The normalized spacial score (nSPS) is 37.7. The Kier molecular flexibility index (Phi) is 2.39. The van der Waals surface area contributed by atoms with Crippen LogP contribution in [-0.4, -0.2) is 18.6 Å². The fourth-order valence-electron chi connectivity index (χ4n) is 2.31. The summed E-state index contributed by atoms with van der Waals surface area (Å²) >= 11 is 0. The number of hydrogen-bond acceptors (Lipinski definition) is 2. The van der Waals surface area contributed by atoms with Gasteiger partial charge in [-0.2, -0.15) is 0 Å². The Morgan fingerprint density at radius 2 is 2.07 bits per heavy atom. The van der Waals surface area contributed by atoms with Crippen LogP contribution in [0.25, 0.3) is 0 Å². The van der Waals surface area contributed by atoms with Crippen molar-refractivity contribution in [1.29, 1.82) is 0 Å². The van der Waals surface area contributed by atoms with Crippen LogP contribution >= 0.6 is 0 Å². The van der Waals surface area contributed by atoms with Gasteiger partial charge in [0.05, 0.1) is 0 Å². The molecular weight excluding hydrogens is 172 g/mol. The average molecular weight is 196 g/mol. The molecule has 0 aromatic heterocycles. The van der Waals surface area contributed by atoms with Crippen LogP contribution in [0.1, 0.15) is 40.0 Å². The van der Waals surface area contributed by atoms with Gasteiger partial charge in [-0.05, 0) is 50.0 Å². The molecule has 2 aliphatic rings. The van der Waals surface area contributed by atoms with Crippen molar-refractivity contribution in [3.8, 4) is 0 Å². The van der Waals surface area contributed by atoms with Crippen LogP contribution in [0.2, 0.25) is 0 Å².